The molecule has 0 aliphatic rings. The van der Waals surface area contributed by atoms with Crippen molar-refractivity contribution in [3.63, 3.8) is 0 Å². The lowest BCUT2D eigenvalue weighted by atomic mass is 10.1. The Bertz CT molecular complexity index is 1160. The first kappa shape index (κ1) is 20.5. The molecule has 0 amide bonds. The Morgan fingerprint density at radius 2 is 1.52 bits per heavy atom. The van der Waals surface area contributed by atoms with Crippen LogP contribution < -0.4 is 18.9 Å². The Kier molecular flexibility index (Phi) is 5.88. The largest absolute Gasteiger partial charge is 0.497 e. The van der Waals surface area contributed by atoms with Crippen LogP contribution in [-0.4, -0.2) is 48.0 Å². The quantitative estimate of drug-likeness (QED) is 0.431. The molecular formula is C23H24N4O4. The van der Waals surface area contributed by atoms with Gasteiger partial charge in [-0.1, -0.05) is 12.1 Å². The lowest BCUT2D eigenvalue weighted by Gasteiger charge is -2.14. The molecule has 0 radical (unpaired) electrons. The standard InChI is InChI=1S/C23H24N4O4/c1-28-17-8-5-15(6-9-17)7-10-21-25-23-24-12-11-18(27(23)26-21)16-13-19(29-2)22(31-4)20(14-16)30-3/h5-6,8-9,11-14H,7,10H2,1-4H3. The van der Waals surface area contributed by atoms with E-state index in [9.17, 15) is 0 Å². The minimum atomic E-state index is 0.538. The molecule has 4 rings (SSSR count). The van der Waals surface area contributed by atoms with Gasteiger partial charge in [-0.15, -0.1) is 5.10 Å². The second kappa shape index (κ2) is 8.91. The van der Waals surface area contributed by atoms with E-state index in [1.54, 1.807) is 39.2 Å². The molecule has 0 bridgehead atoms. The molecule has 8 nitrogen and oxygen atoms in total. The van der Waals surface area contributed by atoms with Crippen molar-refractivity contribution >= 4 is 5.78 Å². The van der Waals surface area contributed by atoms with Crippen LogP contribution in [0.1, 0.15) is 11.4 Å². The molecular weight excluding hydrogens is 396 g/mol. The number of aromatic nitrogens is 4. The molecule has 0 spiro atoms. The number of nitrogens with zero attached hydrogens (tertiary/aromatic N) is 4. The predicted molar refractivity (Wildman–Crippen MR) is 116 cm³/mol. The number of hydrogen-bond donors (Lipinski definition) is 0. The summed E-state index contributed by atoms with van der Waals surface area (Å²) in [5.74, 6) is 3.79. The highest BCUT2D eigenvalue weighted by Gasteiger charge is 2.17. The molecule has 0 saturated carbocycles. The minimum absolute atomic E-state index is 0.538. The van der Waals surface area contributed by atoms with E-state index in [0.717, 1.165) is 29.3 Å². The molecule has 2 heterocycles. The molecule has 0 aliphatic carbocycles. The lowest BCUT2D eigenvalue weighted by Crippen LogP contribution is -2.00. The average molecular weight is 420 g/mol. The molecule has 4 aromatic rings. The van der Waals surface area contributed by atoms with Crippen molar-refractivity contribution in [2.45, 2.75) is 12.8 Å². The van der Waals surface area contributed by atoms with Gasteiger partial charge in [0.1, 0.15) is 5.75 Å². The third kappa shape index (κ3) is 4.09. The molecule has 2 aromatic carbocycles. The van der Waals surface area contributed by atoms with Gasteiger partial charge in [0.2, 0.25) is 5.75 Å². The normalized spacial score (nSPS) is 10.8. The highest BCUT2D eigenvalue weighted by molar-refractivity contribution is 5.69. The molecule has 2 aromatic heterocycles. The summed E-state index contributed by atoms with van der Waals surface area (Å²) in [6, 6.07) is 13.7. The van der Waals surface area contributed by atoms with E-state index in [1.807, 2.05) is 42.5 Å². The number of methoxy groups -OCH3 is 4. The maximum Gasteiger partial charge on any atom is 0.252 e. The van der Waals surface area contributed by atoms with Crippen molar-refractivity contribution in [1.29, 1.82) is 0 Å². The van der Waals surface area contributed by atoms with Crippen molar-refractivity contribution < 1.29 is 18.9 Å². The maximum atomic E-state index is 5.49. The van der Waals surface area contributed by atoms with Crippen molar-refractivity contribution in [2.75, 3.05) is 28.4 Å². The fraction of sp³-hybridized carbons (Fsp3) is 0.261. The number of hydrogen-bond acceptors (Lipinski definition) is 7. The molecule has 0 N–H and O–H groups in total. The van der Waals surface area contributed by atoms with Crippen LogP contribution in [0.5, 0.6) is 23.0 Å². The van der Waals surface area contributed by atoms with Gasteiger partial charge < -0.3 is 18.9 Å². The second-order valence-electron chi connectivity index (χ2n) is 6.83. The summed E-state index contributed by atoms with van der Waals surface area (Å²) in [6.45, 7) is 0. The van der Waals surface area contributed by atoms with Gasteiger partial charge in [-0.05, 0) is 42.3 Å². The van der Waals surface area contributed by atoms with Gasteiger partial charge in [0.15, 0.2) is 17.3 Å². The number of rotatable bonds is 8. The van der Waals surface area contributed by atoms with Gasteiger partial charge in [0.05, 0.1) is 34.1 Å². The number of benzene rings is 2. The average Bonchev–Trinajstić information content (AvgIpc) is 3.25. The van der Waals surface area contributed by atoms with E-state index >= 15 is 0 Å². The molecule has 0 aliphatic heterocycles. The first-order valence-corrected chi connectivity index (χ1v) is 9.80. The fourth-order valence-corrected chi connectivity index (χ4v) is 3.44. The van der Waals surface area contributed by atoms with Crippen molar-refractivity contribution in [1.82, 2.24) is 19.6 Å². The van der Waals surface area contributed by atoms with Gasteiger partial charge in [-0.3, -0.25) is 0 Å². The van der Waals surface area contributed by atoms with E-state index in [1.165, 1.54) is 5.56 Å². The molecule has 160 valence electrons. The lowest BCUT2D eigenvalue weighted by molar-refractivity contribution is 0.324. The van der Waals surface area contributed by atoms with Gasteiger partial charge in [-0.25, -0.2) is 4.98 Å². The Hall–Kier alpha value is -3.81. The maximum absolute atomic E-state index is 5.49. The summed E-state index contributed by atoms with van der Waals surface area (Å²) < 4.78 is 23.4. The minimum Gasteiger partial charge on any atom is -0.497 e. The van der Waals surface area contributed by atoms with E-state index in [0.29, 0.717) is 29.4 Å². The third-order valence-electron chi connectivity index (χ3n) is 5.04. The van der Waals surface area contributed by atoms with E-state index < -0.39 is 0 Å². The van der Waals surface area contributed by atoms with Crippen LogP contribution in [0.3, 0.4) is 0 Å². The van der Waals surface area contributed by atoms with Crippen LogP contribution in [-0.2, 0) is 12.8 Å². The zero-order valence-electron chi connectivity index (χ0n) is 18.0. The molecule has 0 unspecified atom stereocenters. The van der Waals surface area contributed by atoms with E-state index in [4.69, 9.17) is 24.0 Å². The number of fused-ring (bicyclic) bond motifs is 1. The smallest absolute Gasteiger partial charge is 0.252 e. The molecule has 31 heavy (non-hydrogen) atoms. The molecule has 8 heteroatoms. The van der Waals surface area contributed by atoms with Crippen LogP contribution in [0.4, 0.5) is 0 Å². The van der Waals surface area contributed by atoms with Crippen LogP contribution in [0, 0.1) is 0 Å². The van der Waals surface area contributed by atoms with Gasteiger partial charge >= 0.3 is 0 Å². The summed E-state index contributed by atoms with van der Waals surface area (Å²) in [6.07, 6.45) is 3.24. The first-order valence-electron chi connectivity index (χ1n) is 9.80. The SMILES string of the molecule is COc1ccc(CCc2nc3nccc(-c4cc(OC)c(OC)c(OC)c4)n3n2)cc1. The monoisotopic (exact) mass is 420 g/mol. The third-order valence-corrected chi connectivity index (χ3v) is 5.04. The highest BCUT2D eigenvalue weighted by atomic mass is 16.5. The Morgan fingerprint density at radius 3 is 2.13 bits per heavy atom. The summed E-state index contributed by atoms with van der Waals surface area (Å²) in [5.41, 5.74) is 2.87. The van der Waals surface area contributed by atoms with Gasteiger partial charge in [-0.2, -0.15) is 9.50 Å². The van der Waals surface area contributed by atoms with Crippen molar-refractivity contribution in [3.05, 3.63) is 60.0 Å². The fourth-order valence-electron chi connectivity index (χ4n) is 3.44. The summed E-state index contributed by atoms with van der Waals surface area (Å²) in [7, 11) is 6.43. The van der Waals surface area contributed by atoms with Crippen LogP contribution in [0.15, 0.2) is 48.7 Å². The highest BCUT2D eigenvalue weighted by Crippen LogP contribution is 2.41. The van der Waals surface area contributed by atoms with E-state index in [2.05, 4.69) is 9.97 Å². The topological polar surface area (TPSA) is 80.0 Å². The van der Waals surface area contributed by atoms with Gasteiger partial charge in [0, 0.05) is 18.2 Å². The van der Waals surface area contributed by atoms with Crippen LogP contribution >= 0.6 is 0 Å². The number of ether oxygens (including phenoxy) is 4. The van der Waals surface area contributed by atoms with Crippen molar-refractivity contribution in [2.24, 2.45) is 0 Å². The Morgan fingerprint density at radius 1 is 0.806 bits per heavy atom. The summed E-state index contributed by atoms with van der Waals surface area (Å²) >= 11 is 0. The van der Waals surface area contributed by atoms with E-state index in [-0.39, 0.29) is 0 Å². The molecule has 0 fully saturated rings. The molecule has 0 atom stereocenters. The second-order valence-corrected chi connectivity index (χ2v) is 6.83. The first-order chi connectivity index (χ1) is 15.2. The zero-order chi connectivity index (χ0) is 21.8. The Labute approximate surface area is 180 Å². The summed E-state index contributed by atoms with van der Waals surface area (Å²) in [5, 5.41) is 4.70. The molecule has 0 saturated heterocycles. The van der Waals surface area contributed by atoms with Crippen LogP contribution in [0.2, 0.25) is 0 Å². The predicted octanol–water partition coefficient (Wildman–Crippen LogP) is 3.61. The number of aryl methyl sites for hydroxylation is 2. The van der Waals surface area contributed by atoms with Gasteiger partial charge in [0.25, 0.3) is 5.78 Å². The zero-order valence-corrected chi connectivity index (χ0v) is 18.0. The van der Waals surface area contributed by atoms with Crippen LogP contribution in [0.25, 0.3) is 17.0 Å². The summed E-state index contributed by atoms with van der Waals surface area (Å²) in [4.78, 5) is 8.97. The Balaban J connectivity index is 1.66. The van der Waals surface area contributed by atoms with Crippen molar-refractivity contribution in [3.8, 4) is 34.3 Å².